The van der Waals surface area contributed by atoms with Crippen LogP contribution in [0.2, 0.25) is 0 Å². The Bertz CT molecular complexity index is 855. The van der Waals surface area contributed by atoms with Crippen LogP contribution in [0.4, 0.5) is 5.69 Å². The monoisotopic (exact) mass is 424 g/mol. The second kappa shape index (κ2) is 10.7. The maximum absolute atomic E-state index is 13.1. The summed E-state index contributed by atoms with van der Waals surface area (Å²) in [5.74, 6) is 1.84. The number of methoxy groups -OCH3 is 2. The molecule has 1 saturated heterocycles. The highest BCUT2D eigenvalue weighted by molar-refractivity contribution is 5.95. The molecule has 31 heavy (non-hydrogen) atoms. The first kappa shape index (κ1) is 23.1. The lowest BCUT2D eigenvalue weighted by Gasteiger charge is -2.39. The number of aryl methyl sites for hydroxylation is 1. The minimum absolute atomic E-state index is 0.0209. The molecule has 1 heterocycles. The zero-order valence-corrected chi connectivity index (χ0v) is 19.6. The minimum Gasteiger partial charge on any atom is -0.497 e. The molecule has 0 radical (unpaired) electrons. The molecule has 0 bridgehead atoms. The molecule has 2 aromatic rings. The predicted molar refractivity (Wildman–Crippen MR) is 126 cm³/mol. The van der Waals surface area contributed by atoms with E-state index in [4.69, 9.17) is 9.47 Å². The third-order valence-corrected chi connectivity index (χ3v) is 6.16. The van der Waals surface area contributed by atoms with E-state index in [1.807, 2.05) is 26.0 Å². The molecule has 3 rings (SSSR count). The maximum atomic E-state index is 13.1. The van der Waals surface area contributed by atoms with Crippen LogP contribution in [-0.4, -0.2) is 44.2 Å². The Morgan fingerprint density at radius 1 is 1.06 bits per heavy atom. The van der Waals surface area contributed by atoms with Crippen LogP contribution in [0, 0.1) is 5.92 Å². The lowest BCUT2D eigenvalue weighted by molar-refractivity contribution is -0.122. The molecule has 1 fully saturated rings. The summed E-state index contributed by atoms with van der Waals surface area (Å²) in [5, 5.41) is 0. The van der Waals surface area contributed by atoms with Gasteiger partial charge in [0.2, 0.25) is 5.91 Å². The first-order valence-electron chi connectivity index (χ1n) is 11.3. The Morgan fingerprint density at radius 2 is 1.74 bits per heavy atom. The first-order valence-corrected chi connectivity index (χ1v) is 11.3. The van der Waals surface area contributed by atoms with E-state index in [1.165, 1.54) is 5.56 Å². The van der Waals surface area contributed by atoms with Gasteiger partial charge in [0.15, 0.2) is 0 Å². The number of piperidine rings is 1. The molecule has 0 unspecified atom stereocenters. The van der Waals surface area contributed by atoms with Crippen LogP contribution in [-0.2, 0) is 17.8 Å². The van der Waals surface area contributed by atoms with Gasteiger partial charge in [-0.3, -0.25) is 9.69 Å². The molecule has 2 aromatic carbocycles. The molecular formula is C26H36N2O3. The Morgan fingerprint density at radius 3 is 2.29 bits per heavy atom. The second-order valence-electron chi connectivity index (χ2n) is 8.57. The Balaban J connectivity index is 1.70. The van der Waals surface area contributed by atoms with Gasteiger partial charge in [-0.05, 0) is 43.0 Å². The molecule has 5 heteroatoms. The van der Waals surface area contributed by atoms with E-state index >= 15 is 0 Å². The van der Waals surface area contributed by atoms with Gasteiger partial charge in [-0.15, -0.1) is 0 Å². The van der Waals surface area contributed by atoms with Gasteiger partial charge in [-0.25, -0.2) is 0 Å². The van der Waals surface area contributed by atoms with Crippen molar-refractivity contribution < 1.29 is 14.3 Å². The van der Waals surface area contributed by atoms with Crippen molar-refractivity contribution >= 4 is 11.6 Å². The number of amides is 1. The predicted octanol–water partition coefficient (Wildman–Crippen LogP) is 4.92. The summed E-state index contributed by atoms with van der Waals surface area (Å²) < 4.78 is 10.9. The second-order valence-corrected chi connectivity index (χ2v) is 8.57. The number of carbonyl (C=O) groups is 1. The van der Waals surface area contributed by atoms with Crippen LogP contribution in [0.15, 0.2) is 42.5 Å². The summed E-state index contributed by atoms with van der Waals surface area (Å²) in [6, 6.07) is 14.7. The Labute approximate surface area is 187 Å². The third kappa shape index (κ3) is 5.59. The lowest BCUT2D eigenvalue weighted by Crippen LogP contribution is -2.48. The fraction of sp³-hybridized carbons (Fsp3) is 0.500. The van der Waals surface area contributed by atoms with Crippen molar-refractivity contribution in [3.05, 3.63) is 53.6 Å². The van der Waals surface area contributed by atoms with Crippen molar-refractivity contribution in [3.8, 4) is 11.5 Å². The molecule has 0 saturated carbocycles. The molecule has 5 nitrogen and oxygen atoms in total. The van der Waals surface area contributed by atoms with Gasteiger partial charge in [-0.2, -0.15) is 0 Å². The van der Waals surface area contributed by atoms with Crippen molar-refractivity contribution in [1.29, 1.82) is 0 Å². The van der Waals surface area contributed by atoms with Crippen LogP contribution in [0.25, 0.3) is 0 Å². The summed E-state index contributed by atoms with van der Waals surface area (Å²) in [6.07, 6.45) is 2.94. The molecule has 0 N–H and O–H groups in total. The number of carbonyl (C=O) groups excluding carboxylic acids is 1. The van der Waals surface area contributed by atoms with Crippen LogP contribution in [0.5, 0.6) is 11.5 Å². The number of anilines is 1. The van der Waals surface area contributed by atoms with Crippen LogP contribution in [0.1, 0.15) is 44.7 Å². The summed E-state index contributed by atoms with van der Waals surface area (Å²) >= 11 is 0. The lowest BCUT2D eigenvalue weighted by atomic mass is 9.99. The number of hydrogen-bond donors (Lipinski definition) is 0. The molecule has 168 valence electrons. The third-order valence-electron chi connectivity index (χ3n) is 6.16. The van der Waals surface area contributed by atoms with Gasteiger partial charge >= 0.3 is 0 Å². The fourth-order valence-electron chi connectivity index (χ4n) is 4.25. The van der Waals surface area contributed by atoms with Crippen molar-refractivity contribution in [2.75, 3.05) is 32.2 Å². The van der Waals surface area contributed by atoms with E-state index in [9.17, 15) is 4.79 Å². The van der Waals surface area contributed by atoms with E-state index in [2.05, 4.69) is 47.1 Å². The van der Waals surface area contributed by atoms with Crippen LogP contribution in [0.3, 0.4) is 0 Å². The number of nitrogens with zero attached hydrogens (tertiary/aromatic N) is 2. The highest BCUT2D eigenvalue weighted by Gasteiger charge is 2.30. The highest BCUT2D eigenvalue weighted by atomic mass is 16.5. The first-order chi connectivity index (χ1) is 15.0. The van der Waals surface area contributed by atoms with Gasteiger partial charge in [0.05, 0.1) is 14.2 Å². The van der Waals surface area contributed by atoms with Crippen molar-refractivity contribution in [3.63, 3.8) is 0 Å². The number of ether oxygens (including phenoxy) is 2. The smallest absolute Gasteiger partial charge is 0.229 e. The van der Waals surface area contributed by atoms with E-state index in [0.29, 0.717) is 0 Å². The maximum Gasteiger partial charge on any atom is 0.229 e. The molecule has 1 aliphatic rings. The average molecular weight is 425 g/mol. The molecule has 0 aromatic heterocycles. The van der Waals surface area contributed by atoms with E-state index in [0.717, 1.165) is 61.6 Å². The van der Waals surface area contributed by atoms with E-state index < -0.39 is 0 Å². The number of likely N-dealkylation sites (tertiary alicyclic amines) is 1. The Kier molecular flexibility index (Phi) is 7.97. The summed E-state index contributed by atoms with van der Waals surface area (Å²) in [6.45, 7) is 8.87. The van der Waals surface area contributed by atoms with E-state index in [-0.39, 0.29) is 17.9 Å². The molecule has 0 atom stereocenters. The molecule has 1 amide bonds. The van der Waals surface area contributed by atoms with Crippen molar-refractivity contribution in [2.45, 2.75) is 52.6 Å². The van der Waals surface area contributed by atoms with Crippen LogP contribution < -0.4 is 14.4 Å². The topological polar surface area (TPSA) is 42.0 Å². The average Bonchev–Trinajstić information content (AvgIpc) is 2.80. The molecule has 0 aliphatic carbocycles. The standard InChI is InChI=1S/C26H36N2O3/c1-6-20-7-10-22(11-8-20)28(26(29)19(2)3)23-13-15-27(16-14-23)18-21-9-12-24(30-4)17-25(21)31-5/h7-12,17,19,23H,6,13-16,18H2,1-5H3. The summed E-state index contributed by atoms with van der Waals surface area (Å²) in [4.78, 5) is 17.6. The SMILES string of the molecule is CCc1ccc(N(C(=O)C(C)C)C2CCN(Cc3ccc(OC)cc3OC)CC2)cc1. The van der Waals surface area contributed by atoms with Crippen molar-refractivity contribution in [1.82, 2.24) is 4.90 Å². The summed E-state index contributed by atoms with van der Waals surface area (Å²) in [5.41, 5.74) is 3.47. The van der Waals surface area contributed by atoms with Gasteiger partial charge < -0.3 is 14.4 Å². The van der Waals surface area contributed by atoms with Gasteiger partial charge in [0.1, 0.15) is 11.5 Å². The Hall–Kier alpha value is -2.53. The zero-order valence-electron chi connectivity index (χ0n) is 19.6. The number of rotatable bonds is 8. The normalized spacial score (nSPS) is 15.2. The summed E-state index contributed by atoms with van der Waals surface area (Å²) in [7, 11) is 3.36. The quantitative estimate of drug-likeness (QED) is 0.603. The van der Waals surface area contributed by atoms with Gasteiger partial charge in [0.25, 0.3) is 0 Å². The minimum atomic E-state index is -0.0209. The van der Waals surface area contributed by atoms with E-state index in [1.54, 1.807) is 14.2 Å². The number of hydrogen-bond acceptors (Lipinski definition) is 4. The molecule has 1 aliphatic heterocycles. The zero-order chi connectivity index (χ0) is 22.4. The highest BCUT2D eigenvalue weighted by Crippen LogP contribution is 2.29. The van der Waals surface area contributed by atoms with Gasteiger partial charge in [0, 0.05) is 48.9 Å². The number of benzene rings is 2. The van der Waals surface area contributed by atoms with Crippen molar-refractivity contribution in [2.24, 2.45) is 5.92 Å². The van der Waals surface area contributed by atoms with Crippen LogP contribution >= 0.6 is 0 Å². The van der Waals surface area contributed by atoms with Gasteiger partial charge in [-0.1, -0.05) is 39.0 Å². The molecular weight excluding hydrogens is 388 g/mol. The fourth-order valence-corrected chi connectivity index (χ4v) is 4.25. The largest absolute Gasteiger partial charge is 0.497 e. The molecule has 0 spiro atoms.